The molecule has 0 aliphatic rings. The molecule has 0 aromatic heterocycles. The summed E-state index contributed by atoms with van der Waals surface area (Å²) in [5, 5.41) is 4.06. The van der Waals surface area contributed by atoms with E-state index in [0.717, 1.165) is 38.4 Å². The summed E-state index contributed by atoms with van der Waals surface area (Å²) in [5.74, 6) is -2.66. The maximum absolute atomic E-state index is 8.22. The Bertz CT molecular complexity index is 1130. The molecule has 0 spiro atoms. The second kappa shape index (κ2) is 8.91. The minimum absolute atomic E-state index is 0.612. The van der Waals surface area contributed by atoms with Crippen LogP contribution in [0.3, 0.4) is 0 Å². The van der Waals surface area contributed by atoms with Crippen LogP contribution in [0.2, 0.25) is 5.02 Å². The summed E-state index contributed by atoms with van der Waals surface area (Å²) >= 11 is 15.1. The van der Waals surface area contributed by atoms with Gasteiger partial charge in [0, 0.05) is 0 Å². The van der Waals surface area contributed by atoms with E-state index in [2.05, 4.69) is 86.6 Å². The predicted molar refractivity (Wildman–Crippen MR) is 142 cm³/mol. The van der Waals surface area contributed by atoms with Gasteiger partial charge >= 0.3 is 201 Å². The molecule has 0 bridgehead atoms. The van der Waals surface area contributed by atoms with Gasteiger partial charge in [0.2, 0.25) is 0 Å². The monoisotopic (exact) mass is 480 g/mol. The number of methoxy groups -OCH3 is 1. The molecule has 0 aliphatic heterocycles. The van der Waals surface area contributed by atoms with Crippen molar-refractivity contribution in [2.75, 3.05) is 7.11 Å². The van der Waals surface area contributed by atoms with E-state index in [0.29, 0.717) is 11.2 Å². The van der Waals surface area contributed by atoms with Crippen LogP contribution in [0.15, 0.2) is 97.1 Å². The Morgan fingerprint density at radius 2 is 1.09 bits per heavy atom. The van der Waals surface area contributed by atoms with E-state index in [-0.39, 0.29) is 0 Å². The molecule has 4 rings (SSSR count). The first kappa shape index (κ1) is 22.9. The van der Waals surface area contributed by atoms with Crippen molar-refractivity contribution < 1.29 is 4.74 Å². The summed E-state index contributed by atoms with van der Waals surface area (Å²) in [4.78, 5) is 0. The summed E-state index contributed by atoms with van der Waals surface area (Å²) in [6.07, 6.45) is 0.612. The molecule has 4 aromatic carbocycles. The molecule has 32 heavy (non-hydrogen) atoms. The van der Waals surface area contributed by atoms with Gasteiger partial charge in [0.05, 0.1) is 0 Å². The van der Waals surface area contributed by atoms with Crippen molar-refractivity contribution in [2.24, 2.45) is 0 Å². The number of hydrogen-bond donors (Lipinski definition) is 0. The number of rotatable bonds is 6. The molecular weight excluding hydrogens is 454 g/mol. The summed E-state index contributed by atoms with van der Waals surface area (Å²) in [5.41, 5.74) is 3.27. The molecule has 0 saturated carbocycles. The standard InChI is InChI=1S/C28H27Cl2OP/c1-21-22(2)28(31-3)19-27(29)26(21)20-32(30,23-13-7-4-8-14-23,24-15-9-5-10-16-24)25-17-11-6-12-18-25/h4-19H,20H2,1-3H3. The van der Waals surface area contributed by atoms with E-state index in [9.17, 15) is 0 Å². The molecule has 0 heterocycles. The first-order valence-corrected chi connectivity index (χ1v) is 14.3. The molecular formula is C28H27Cl2OP. The van der Waals surface area contributed by atoms with Gasteiger partial charge in [-0.25, -0.2) is 0 Å². The first-order valence-electron chi connectivity index (χ1n) is 10.6. The van der Waals surface area contributed by atoms with Gasteiger partial charge in [-0.2, -0.15) is 0 Å². The number of benzene rings is 4. The molecule has 164 valence electrons. The fraction of sp³-hybridized carbons (Fsp3) is 0.143. The van der Waals surface area contributed by atoms with E-state index in [1.807, 2.05) is 24.3 Å². The third-order valence-electron chi connectivity index (χ3n) is 6.49. The molecule has 0 N–H and O–H groups in total. The van der Waals surface area contributed by atoms with Crippen molar-refractivity contribution in [3.05, 3.63) is 119 Å². The van der Waals surface area contributed by atoms with E-state index in [1.165, 1.54) is 0 Å². The van der Waals surface area contributed by atoms with Crippen LogP contribution >= 0.6 is 28.8 Å². The van der Waals surface area contributed by atoms with Crippen LogP contribution in [-0.4, -0.2) is 7.11 Å². The van der Waals surface area contributed by atoms with Gasteiger partial charge in [-0.1, -0.05) is 0 Å². The van der Waals surface area contributed by atoms with E-state index < -0.39 is 5.96 Å². The quantitative estimate of drug-likeness (QED) is 0.266. The van der Waals surface area contributed by atoms with Crippen molar-refractivity contribution in [3.8, 4) is 5.75 Å². The van der Waals surface area contributed by atoms with Gasteiger partial charge in [-0.3, -0.25) is 0 Å². The van der Waals surface area contributed by atoms with Crippen molar-refractivity contribution in [3.63, 3.8) is 0 Å². The molecule has 1 nitrogen and oxygen atoms in total. The SMILES string of the molecule is COc1cc(Cl)c(CP(Cl)(c2ccccc2)(c2ccccc2)c2ccccc2)c(C)c1C. The number of ether oxygens (including phenoxy) is 1. The van der Waals surface area contributed by atoms with Gasteiger partial charge in [-0.05, 0) is 0 Å². The Kier molecular flexibility index (Phi) is 6.37. The summed E-state index contributed by atoms with van der Waals surface area (Å²) in [6, 6.07) is 33.4. The third kappa shape index (κ3) is 3.63. The van der Waals surface area contributed by atoms with Crippen molar-refractivity contribution in [2.45, 2.75) is 20.0 Å². The fourth-order valence-electron chi connectivity index (χ4n) is 4.54. The van der Waals surface area contributed by atoms with Crippen LogP contribution in [0.25, 0.3) is 0 Å². The van der Waals surface area contributed by atoms with Crippen molar-refractivity contribution in [1.82, 2.24) is 0 Å². The van der Waals surface area contributed by atoms with Crippen LogP contribution in [0.1, 0.15) is 16.7 Å². The van der Waals surface area contributed by atoms with Gasteiger partial charge in [0.25, 0.3) is 0 Å². The van der Waals surface area contributed by atoms with Crippen LogP contribution < -0.4 is 20.7 Å². The van der Waals surface area contributed by atoms with E-state index >= 15 is 0 Å². The van der Waals surface area contributed by atoms with Gasteiger partial charge < -0.3 is 0 Å². The molecule has 0 unspecified atom stereocenters. The van der Waals surface area contributed by atoms with Crippen LogP contribution in [-0.2, 0) is 6.16 Å². The van der Waals surface area contributed by atoms with Crippen LogP contribution in [0, 0.1) is 13.8 Å². The van der Waals surface area contributed by atoms with E-state index in [1.54, 1.807) is 7.11 Å². The average molecular weight is 481 g/mol. The van der Waals surface area contributed by atoms with Crippen molar-refractivity contribution in [1.29, 1.82) is 0 Å². The third-order valence-corrected chi connectivity index (χ3v) is 14.0. The molecule has 0 saturated heterocycles. The predicted octanol–water partition coefficient (Wildman–Crippen LogP) is 7.15. The Balaban J connectivity index is 2.12. The van der Waals surface area contributed by atoms with Crippen LogP contribution in [0.4, 0.5) is 0 Å². The number of hydrogen-bond acceptors (Lipinski definition) is 1. The normalized spacial score (nSPS) is 12.7. The summed E-state index contributed by atoms with van der Waals surface area (Å²) in [6.45, 7) is 4.18. The van der Waals surface area contributed by atoms with Gasteiger partial charge in [-0.15, -0.1) is 0 Å². The molecule has 0 fully saturated rings. The van der Waals surface area contributed by atoms with E-state index in [4.69, 9.17) is 27.6 Å². The maximum atomic E-state index is 8.22. The zero-order chi connectivity index (χ0) is 22.8. The Hall–Kier alpha value is -2.31. The average Bonchev–Trinajstić information content (AvgIpc) is 2.85. The first-order chi connectivity index (χ1) is 15.4. The zero-order valence-corrected chi connectivity index (χ0v) is 21.0. The molecule has 0 atom stereocenters. The molecule has 0 aliphatic carbocycles. The van der Waals surface area contributed by atoms with Gasteiger partial charge in [0.1, 0.15) is 0 Å². The zero-order valence-electron chi connectivity index (χ0n) is 18.6. The minimum atomic E-state index is -3.45. The van der Waals surface area contributed by atoms with Crippen molar-refractivity contribution >= 4 is 44.7 Å². The van der Waals surface area contributed by atoms with Crippen LogP contribution in [0.5, 0.6) is 5.75 Å². The number of halogens is 2. The fourth-order valence-corrected chi connectivity index (χ4v) is 11.1. The second-order valence-corrected chi connectivity index (χ2v) is 15.0. The molecule has 4 aromatic rings. The summed E-state index contributed by atoms with van der Waals surface area (Å²) in [7, 11) is 1.68. The molecule has 0 radical (unpaired) electrons. The topological polar surface area (TPSA) is 9.23 Å². The molecule has 0 amide bonds. The molecule has 4 heteroatoms. The Labute approximate surface area is 200 Å². The summed E-state index contributed by atoms with van der Waals surface area (Å²) < 4.78 is 5.56. The second-order valence-electron chi connectivity index (χ2n) is 8.14. The van der Waals surface area contributed by atoms with Gasteiger partial charge in [0.15, 0.2) is 0 Å². The Morgan fingerprint density at radius 1 is 0.688 bits per heavy atom. The Morgan fingerprint density at radius 3 is 1.47 bits per heavy atom.